The van der Waals surface area contributed by atoms with E-state index in [4.69, 9.17) is 5.11 Å². The molecule has 0 aliphatic carbocycles. The number of hydrogen-bond donors (Lipinski definition) is 2. The molecule has 20 heavy (non-hydrogen) atoms. The number of sulfonamides is 1. The molecule has 2 N–H and O–H groups in total. The fourth-order valence-electron chi connectivity index (χ4n) is 1.43. The van der Waals surface area contributed by atoms with Crippen LogP contribution in [0.2, 0.25) is 0 Å². The van der Waals surface area contributed by atoms with Gasteiger partial charge in [0, 0.05) is 29.4 Å². The van der Waals surface area contributed by atoms with Crippen molar-refractivity contribution in [1.82, 2.24) is 4.72 Å². The Labute approximate surface area is 118 Å². The number of nitrogens with one attached hydrogen (secondary N) is 1. The minimum absolute atomic E-state index is 0.0800. The SMILES string of the molecule is Cc1c(F)cc(S(=O)(=O)NCCS(C)=O)cc1C(=O)O. The van der Waals surface area contributed by atoms with Gasteiger partial charge in [-0.3, -0.25) is 4.21 Å². The van der Waals surface area contributed by atoms with Gasteiger partial charge in [-0.15, -0.1) is 0 Å². The van der Waals surface area contributed by atoms with Gasteiger partial charge >= 0.3 is 5.97 Å². The molecule has 1 rings (SSSR count). The largest absolute Gasteiger partial charge is 0.478 e. The number of carboxylic acid groups (broad SMARTS) is 1. The lowest BCUT2D eigenvalue weighted by molar-refractivity contribution is 0.0695. The van der Waals surface area contributed by atoms with Crippen molar-refractivity contribution in [3.63, 3.8) is 0 Å². The van der Waals surface area contributed by atoms with Crippen LogP contribution < -0.4 is 4.72 Å². The van der Waals surface area contributed by atoms with Crippen molar-refractivity contribution in [2.75, 3.05) is 18.6 Å². The highest BCUT2D eigenvalue weighted by atomic mass is 32.2. The molecule has 1 atom stereocenters. The van der Waals surface area contributed by atoms with E-state index in [1.807, 2.05) is 0 Å². The van der Waals surface area contributed by atoms with Crippen molar-refractivity contribution in [3.8, 4) is 0 Å². The van der Waals surface area contributed by atoms with Gasteiger partial charge in [0.05, 0.1) is 10.5 Å². The summed E-state index contributed by atoms with van der Waals surface area (Å²) >= 11 is 0. The molecule has 0 aliphatic heterocycles. The Morgan fingerprint density at radius 2 is 2.05 bits per heavy atom. The van der Waals surface area contributed by atoms with E-state index in [0.29, 0.717) is 0 Å². The van der Waals surface area contributed by atoms with Crippen molar-refractivity contribution in [3.05, 3.63) is 29.1 Å². The van der Waals surface area contributed by atoms with Crippen LogP contribution in [-0.4, -0.2) is 42.3 Å². The minimum Gasteiger partial charge on any atom is -0.478 e. The first-order valence-electron chi connectivity index (χ1n) is 5.48. The molecule has 1 aromatic rings. The molecular weight excluding hydrogens is 309 g/mol. The third-order valence-electron chi connectivity index (χ3n) is 2.54. The van der Waals surface area contributed by atoms with Crippen LogP contribution in [0.4, 0.5) is 4.39 Å². The second-order valence-corrected chi connectivity index (χ2v) is 7.38. The zero-order chi connectivity index (χ0) is 15.5. The van der Waals surface area contributed by atoms with E-state index in [2.05, 4.69) is 4.72 Å². The van der Waals surface area contributed by atoms with Gasteiger partial charge in [0.15, 0.2) is 0 Å². The summed E-state index contributed by atoms with van der Waals surface area (Å²) in [6.45, 7) is 1.17. The summed E-state index contributed by atoms with van der Waals surface area (Å²) in [4.78, 5) is 10.5. The van der Waals surface area contributed by atoms with Gasteiger partial charge in [0.25, 0.3) is 0 Å². The fourth-order valence-corrected chi connectivity index (χ4v) is 3.02. The molecule has 0 radical (unpaired) electrons. The Morgan fingerprint density at radius 3 is 2.55 bits per heavy atom. The second-order valence-electron chi connectivity index (χ2n) is 4.06. The van der Waals surface area contributed by atoms with Crippen molar-refractivity contribution in [2.24, 2.45) is 0 Å². The molecule has 0 heterocycles. The summed E-state index contributed by atoms with van der Waals surface area (Å²) in [5, 5.41) is 8.91. The average molecular weight is 323 g/mol. The first-order valence-corrected chi connectivity index (χ1v) is 8.69. The van der Waals surface area contributed by atoms with Gasteiger partial charge < -0.3 is 5.11 Å². The number of benzene rings is 1. The van der Waals surface area contributed by atoms with Crippen LogP contribution in [0.5, 0.6) is 0 Å². The molecule has 0 bridgehead atoms. The average Bonchev–Trinajstić information content (AvgIpc) is 2.31. The maximum Gasteiger partial charge on any atom is 0.336 e. The van der Waals surface area contributed by atoms with E-state index in [1.165, 1.54) is 13.2 Å². The Morgan fingerprint density at radius 1 is 1.45 bits per heavy atom. The topological polar surface area (TPSA) is 101 Å². The summed E-state index contributed by atoms with van der Waals surface area (Å²) in [5.74, 6) is -2.21. The molecule has 1 unspecified atom stereocenters. The van der Waals surface area contributed by atoms with E-state index < -0.39 is 43.1 Å². The molecule has 0 amide bonds. The van der Waals surface area contributed by atoms with Gasteiger partial charge in [-0.1, -0.05) is 0 Å². The first-order chi connectivity index (χ1) is 9.15. The third kappa shape index (κ3) is 4.09. The van der Waals surface area contributed by atoms with Crippen molar-refractivity contribution in [1.29, 1.82) is 0 Å². The number of halogens is 1. The van der Waals surface area contributed by atoms with Crippen LogP contribution >= 0.6 is 0 Å². The quantitative estimate of drug-likeness (QED) is 0.793. The zero-order valence-electron chi connectivity index (χ0n) is 10.8. The lowest BCUT2D eigenvalue weighted by atomic mass is 10.1. The number of carboxylic acids is 1. The zero-order valence-corrected chi connectivity index (χ0v) is 12.5. The lowest BCUT2D eigenvalue weighted by Gasteiger charge is -2.09. The van der Waals surface area contributed by atoms with Crippen LogP contribution in [0.3, 0.4) is 0 Å². The maximum absolute atomic E-state index is 13.6. The summed E-state index contributed by atoms with van der Waals surface area (Å²) in [6.07, 6.45) is 1.42. The fraction of sp³-hybridized carbons (Fsp3) is 0.364. The Kier molecular flexibility index (Phi) is 5.37. The van der Waals surface area contributed by atoms with E-state index >= 15 is 0 Å². The summed E-state index contributed by atoms with van der Waals surface area (Å²) < 4.78 is 50.3. The molecule has 0 spiro atoms. The molecular formula is C11H14FNO5S2. The molecule has 0 aliphatic rings. The molecule has 0 saturated carbocycles. The van der Waals surface area contributed by atoms with Crippen LogP contribution in [-0.2, 0) is 20.8 Å². The van der Waals surface area contributed by atoms with Gasteiger partial charge in [0.1, 0.15) is 5.82 Å². The summed E-state index contributed by atoms with van der Waals surface area (Å²) in [5.41, 5.74) is -0.546. The highest BCUT2D eigenvalue weighted by Crippen LogP contribution is 2.19. The Balaban J connectivity index is 3.13. The Hall–Kier alpha value is -1.32. The van der Waals surface area contributed by atoms with Crippen LogP contribution in [0.25, 0.3) is 0 Å². The van der Waals surface area contributed by atoms with Crippen molar-refractivity contribution >= 4 is 26.8 Å². The molecule has 0 saturated heterocycles. The van der Waals surface area contributed by atoms with E-state index in [9.17, 15) is 21.8 Å². The van der Waals surface area contributed by atoms with Gasteiger partial charge in [-0.2, -0.15) is 0 Å². The van der Waals surface area contributed by atoms with Gasteiger partial charge in [0.2, 0.25) is 10.0 Å². The number of aromatic carboxylic acids is 1. The molecule has 0 aromatic heterocycles. The highest BCUT2D eigenvalue weighted by molar-refractivity contribution is 7.89. The molecule has 6 nitrogen and oxygen atoms in total. The van der Waals surface area contributed by atoms with Crippen LogP contribution in [0.15, 0.2) is 17.0 Å². The maximum atomic E-state index is 13.6. The summed E-state index contributed by atoms with van der Waals surface area (Å²) in [7, 11) is -5.21. The monoisotopic (exact) mass is 323 g/mol. The first kappa shape index (κ1) is 16.7. The van der Waals surface area contributed by atoms with Gasteiger partial charge in [-0.05, 0) is 24.6 Å². The standard InChI is InChI=1S/C11H14FNO5S2/c1-7-9(11(14)15)5-8(6-10(7)12)20(17,18)13-3-4-19(2)16/h5-6,13H,3-4H2,1-2H3,(H,14,15). The Bertz CT molecular complexity index is 657. The predicted octanol–water partition coefficient (Wildman–Crippen LogP) is 0.489. The minimum atomic E-state index is -4.04. The number of carbonyl (C=O) groups is 1. The van der Waals surface area contributed by atoms with Crippen molar-refractivity contribution < 1.29 is 26.9 Å². The molecule has 9 heteroatoms. The predicted molar refractivity (Wildman–Crippen MR) is 72.2 cm³/mol. The van der Waals surface area contributed by atoms with E-state index in [0.717, 1.165) is 12.1 Å². The van der Waals surface area contributed by atoms with E-state index in [1.54, 1.807) is 0 Å². The highest BCUT2D eigenvalue weighted by Gasteiger charge is 2.20. The number of hydrogen-bond acceptors (Lipinski definition) is 4. The summed E-state index contributed by atoms with van der Waals surface area (Å²) in [6, 6.07) is 1.65. The second kappa shape index (κ2) is 6.42. The van der Waals surface area contributed by atoms with Crippen LogP contribution in [0.1, 0.15) is 15.9 Å². The van der Waals surface area contributed by atoms with E-state index in [-0.39, 0.29) is 17.9 Å². The lowest BCUT2D eigenvalue weighted by Crippen LogP contribution is -2.28. The third-order valence-corrected chi connectivity index (χ3v) is 4.76. The molecule has 0 fully saturated rings. The number of rotatable bonds is 6. The smallest absolute Gasteiger partial charge is 0.336 e. The van der Waals surface area contributed by atoms with Crippen molar-refractivity contribution in [2.45, 2.75) is 11.8 Å². The molecule has 1 aromatic carbocycles. The van der Waals surface area contributed by atoms with Crippen LogP contribution in [0, 0.1) is 12.7 Å². The molecule has 112 valence electrons. The normalized spacial score (nSPS) is 13.2. The van der Waals surface area contributed by atoms with Gasteiger partial charge in [-0.25, -0.2) is 22.3 Å².